The summed E-state index contributed by atoms with van der Waals surface area (Å²) >= 11 is 6.91. The van der Waals surface area contributed by atoms with Crippen molar-refractivity contribution in [2.24, 2.45) is 17.6 Å². The van der Waals surface area contributed by atoms with E-state index in [2.05, 4.69) is 42.8 Å². The fraction of sp³-hybridized carbons (Fsp3) is 0.733. The van der Waals surface area contributed by atoms with Crippen LogP contribution in [0.15, 0.2) is 19.6 Å². The molecule has 1 aliphatic heterocycles. The molecule has 0 aromatic carbocycles. The van der Waals surface area contributed by atoms with Crippen LogP contribution in [0.4, 0.5) is 0 Å². The van der Waals surface area contributed by atoms with Crippen LogP contribution < -0.4 is 5.73 Å². The van der Waals surface area contributed by atoms with Gasteiger partial charge in [-0.25, -0.2) is 0 Å². The predicted octanol–water partition coefficient (Wildman–Crippen LogP) is 4.32. The van der Waals surface area contributed by atoms with Gasteiger partial charge < -0.3 is 10.2 Å². The minimum Gasteiger partial charge on any atom is -0.451 e. The maximum absolute atomic E-state index is 6.03. The van der Waals surface area contributed by atoms with Crippen molar-refractivity contribution in [1.82, 2.24) is 4.90 Å². The van der Waals surface area contributed by atoms with Gasteiger partial charge in [0.05, 0.1) is 10.5 Å². The Morgan fingerprint density at radius 2 is 2.00 bits per heavy atom. The molecule has 5 heteroatoms. The molecule has 112 valence electrons. The largest absolute Gasteiger partial charge is 0.451 e. The van der Waals surface area contributed by atoms with Crippen LogP contribution in [0.5, 0.6) is 0 Å². The predicted molar refractivity (Wildman–Crippen MR) is 87.5 cm³/mol. The van der Waals surface area contributed by atoms with E-state index in [1.807, 2.05) is 0 Å². The number of rotatable bonds is 3. The summed E-state index contributed by atoms with van der Waals surface area (Å²) in [6.45, 7) is 2.95. The van der Waals surface area contributed by atoms with Crippen LogP contribution in [-0.4, -0.2) is 24.5 Å². The lowest BCUT2D eigenvalue weighted by molar-refractivity contribution is 0.0516. The third-order valence-corrected chi connectivity index (χ3v) is 6.69. The average Bonchev–Trinajstić information content (AvgIpc) is 2.79. The number of nitrogens with two attached hydrogens (primary N) is 1. The lowest BCUT2D eigenvalue weighted by atomic mass is 9.75. The molecule has 1 aromatic rings. The Morgan fingerprint density at radius 1 is 1.25 bits per heavy atom. The van der Waals surface area contributed by atoms with Crippen LogP contribution in [-0.2, 0) is 0 Å². The molecule has 3 rings (SSSR count). The number of hydrogen-bond donors (Lipinski definition) is 1. The molecule has 2 fully saturated rings. The summed E-state index contributed by atoms with van der Waals surface area (Å²) in [5.74, 6) is 2.79. The molecule has 1 saturated heterocycles. The lowest BCUT2D eigenvalue weighted by Gasteiger charge is -2.43. The van der Waals surface area contributed by atoms with Crippen molar-refractivity contribution in [2.45, 2.75) is 38.1 Å². The number of fused-ring (bicyclic) bond motifs is 1. The smallest absolute Gasteiger partial charge is 0.183 e. The third kappa shape index (κ3) is 3.01. The SMILES string of the molecule is NCC(c1cc(Br)c(Br)o1)N1CCC2CCCCC2C1. The highest BCUT2D eigenvalue weighted by molar-refractivity contribution is 9.13. The van der Waals surface area contributed by atoms with E-state index in [1.54, 1.807) is 0 Å². The fourth-order valence-electron chi connectivity index (χ4n) is 3.88. The molecule has 1 aromatic heterocycles. The fourth-order valence-corrected chi connectivity index (χ4v) is 4.49. The average molecular weight is 406 g/mol. The molecule has 2 aliphatic rings. The first-order valence-corrected chi connectivity index (χ1v) is 9.16. The Morgan fingerprint density at radius 3 is 2.65 bits per heavy atom. The summed E-state index contributed by atoms with van der Waals surface area (Å²) in [4.78, 5) is 2.53. The van der Waals surface area contributed by atoms with Crippen LogP contribution in [0, 0.1) is 11.8 Å². The van der Waals surface area contributed by atoms with Gasteiger partial charge in [-0.1, -0.05) is 19.3 Å². The van der Waals surface area contributed by atoms with Gasteiger partial charge in [0, 0.05) is 13.1 Å². The monoisotopic (exact) mass is 404 g/mol. The highest BCUT2D eigenvalue weighted by atomic mass is 79.9. The Balaban J connectivity index is 1.73. The van der Waals surface area contributed by atoms with E-state index < -0.39 is 0 Å². The minimum absolute atomic E-state index is 0.209. The van der Waals surface area contributed by atoms with Crippen molar-refractivity contribution < 1.29 is 4.42 Å². The van der Waals surface area contributed by atoms with E-state index in [4.69, 9.17) is 10.2 Å². The number of nitrogens with zero attached hydrogens (tertiary/aromatic N) is 1. The van der Waals surface area contributed by atoms with Crippen LogP contribution >= 0.6 is 31.9 Å². The molecule has 3 atom stereocenters. The highest BCUT2D eigenvalue weighted by Crippen LogP contribution is 2.39. The highest BCUT2D eigenvalue weighted by Gasteiger charge is 2.34. The second-order valence-electron chi connectivity index (χ2n) is 6.11. The third-order valence-electron chi connectivity index (χ3n) is 4.98. The Kier molecular flexibility index (Phi) is 4.90. The van der Waals surface area contributed by atoms with Gasteiger partial charge in [0.15, 0.2) is 4.67 Å². The number of furan rings is 1. The van der Waals surface area contributed by atoms with E-state index in [1.165, 1.54) is 38.6 Å². The van der Waals surface area contributed by atoms with Gasteiger partial charge in [-0.3, -0.25) is 4.90 Å². The minimum atomic E-state index is 0.209. The van der Waals surface area contributed by atoms with Crippen molar-refractivity contribution in [2.75, 3.05) is 19.6 Å². The van der Waals surface area contributed by atoms with Gasteiger partial charge in [-0.15, -0.1) is 0 Å². The van der Waals surface area contributed by atoms with Gasteiger partial charge in [0.2, 0.25) is 0 Å². The molecule has 1 aliphatic carbocycles. The lowest BCUT2D eigenvalue weighted by Crippen LogP contribution is -2.45. The maximum Gasteiger partial charge on any atom is 0.183 e. The van der Waals surface area contributed by atoms with E-state index in [0.29, 0.717) is 6.54 Å². The number of likely N-dealkylation sites (tertiary alicyclic amines) is 1. The van der Waals surface area contributed by atoms with Crippen LogP contribution in [0.3, 0.4) is 0 Å². The van der Waals surface area contributed by atoms with E-state index in [9.17, 15) is 0 Å². The molecule has 2 heterocycles. The quantitative estimate of drug-likeness (QED) is 0.814. The number of hydrogen-bond acceptors (Lipinski definition) is 3. The van der Waals surface area contributed by atoms with E-state index in [0.717, 1.165) is 33.3 Å². The van der Waals surface area contributed by atoms with Crippen molar-refractivity contribution in [3.05, 3.63) is 21.0 Å². The molecule has 3 unspecified atom stereocenters. The summed E-state index contributed by atoms with van der Waals surface area (Å²) < 4.78 is 7.54. The molecule has 0 radical (unpaired) electrons. The number of halogens is 2. The Bertz CT molecular complexity index is 443. The van der Waals surface area contributed by atoms with Gasteiger partial charge in [-0.2, -0.15) is 0 Å². The van der Waals surface area contributed by atoms with Crippen molar-refractivity contribution in [3.63, 3.8) is 0 Å². The zero-order valence-electron chi connectivity index (χ0n) is 11.7. The Labute approximate surface area is 137 Å². The van der Waals surface area contributed by atoms with E-state index >= 15 is 0 Å². The van der Waals surface area contributed by atoms with Gasteiger partial charge in [0.25, 0.3) is 0 Å². The standard InChI is InChI=1S/C15H22Br2N2O/c16-12-7-14(20-15(12)17)13(8-18)19-6-5-10-3-1-2-4-11(10)9-19/h7,10-11,13H,1-6,8-9,18H2. The van der Waals surface area contributed by atoms with Gasteiger partial charge in [-0.05, 0) is 69.1 Å². The zero-order chi connectivity index (χ0) is 14.1. The first kappa shape index (κ1) is 15.1. The summed E-state index contributed by atoms with van der Waals surface area (Å²) in [7, 11) is 0. The van der Waals surface area contributed by atoms with Gasteiger partial charge >= 0.3 is 0 Å². The normalized spacial score (nSPS) is 29.1. The summed E-state index contributed by atoms with van der Waals surface area (Å²) in [5, 5.41) is 0. The Hall–Kier alpha value is 0.160. The second-order valence-corrected chi connectivity index (χ2v) is 7.68. The topological polar surface area (TPSA) is 42.4 Å². The molecule has 0 spiro atoms. The molecule has 0 bridgehead atoms. The molecule has 0 amide bonds. The van der Waals surface area contributed by atoms with Gasteiger partial charge in [0.1, 0.15) is 5.76 Å². The molecule has 20 heavy (non-hydrogen) atoms. The first-order valence-electron chi connectivity index (χ1n) is 7.58. The molecule has 3 nitrogen and oxygen atoms in total. The van der Waals surface area contributed by atoms with Crippen LogP contribution in [0.1, 0.15) is 43.9 Å². The van der Waals surface area contributed by atoms with Crippen molar-refractivity contribution in [3.8, 4) is 0 Å². The summed E-state index contributed by atoms with van der Waals surface area (Å²) in [6, 6.07) is 2.26. The first-order chi connectivity index (χ1) is 9.69. The zero-order valence-corrected chi connectivity index (χ0v) is 14.8. The van der Waals surface area contributed by atoms with Crippen molar-refractivity contribution in [1.29, 1.82) is 0 Å². The second kappa shape index (κ2) is 6.51. The number of piperidine rings is 1. The summed E-state index contributed by atoms with van der Waals surface area (Å²) in [6.07, 6.45) is 6.98. The molecular weight excluding hydrogens is 384 g/mol. The molecule has 2 N–H and O–H groups in total. The maximum atomic E-state index is 6.03. The van der Waals surface area contributed by atoms with Crippen LogP contribution in [0.2, 0.25) is 0 Å². The van der Waals surface area contributed by atoms with Crippen molar-refractivity contribution >= 4 is 31.9 Å². The summed E-state index contributed by atoms with van der Waals surface area (Å²) in [5.41, 5.74) is 6.03. The van der Waals surface area contributed by atoms with E-state index in [-0.39, 0.29) is 6.04 Å². The van der Waals surface area contributed by atoms with Crippen LogP contribution in [0.25, 0.3) is 0 Å². The molecule has 1 saturated carbocycles. The molecular formula is C15H22Br2N2O.